The lowest BCUT2D eigenvalue weighted by atomic mass is 10.1. The zero-order valence-electron chi connectivity index (χ0n) is 10.4. The summed E-state index contributed by atoms with van der Waals surface area (Å²) in [5, 5.41) is 12.4. The Kier molecular flexibility index (Phi) is 5.41. The van der Waals surface area contributed by atoms with E-state index in [-0.39, 0.29) is 17.5 Å². The fraction of sp³-hybridized carbons (Fsp3) is 0.286. The van der Waals surface area contributed by atoms with Crippen molar-refractivity contribution in [1.82, 2.24) is 5.32 Å². The van der Waals surface area contributed by atoms with Crippen LogP contribution < -0.4 is 5.32 Å². The third-order valence-corrected chi connectivity index (χ3v) is 2.79. The van der Waals surface area contributed by atoms with Gasteiger partial charge in [0.25, 0.3) is 5.91 Å². The molecule has 0 saturated heterocycles. The van der Waals surface area contributed by atoms with Gasteiger partial charge in [-0.1, -0.05) is 30.7 Å². The maximum Gasteiger partial charge on any atom is 0.262 e. The fourth-order valence-electron chi connectivity index (χ4n) is 1.28. The monoisotopic (exact) mass is 262 g/mol. The van der Waals surface area contributed by atoms with Gasteiger partial charge in [-0.05, 0) is 37.1 Å². The maximum atomic E-state index is 11.8. The van der Waals surface area contributed by atoms with E-state index in [2.05, 4.69) is 5.32 Å². The molecule has 0 bridgehead atoms. The molecule has 0 aromatic heterocycles. The van der Waals surface area contributed by atoms with Crippen LogP contribution in [0.4, 0.5) is 0 Å². The van der Waals surface area contributed by atoms with Gasteiger partial charge in [-0.3, -0.25) is 4.79 Å². The van der Waals surface area contributed by atoms with Crippen molar-refractivity contribution in [2.24, 2.45) is 0 Å². The maximum absolute atomic E-state index is 11.8. The minimum Gasteiger partial charge on any atom is -0.349 e. The van der Waals surface area contributed by atoms with E-state index in [4.69, 9.17) is 16.9 Å². The molecule has 0 aliphatic heterocycles. The van der Waals surface area contributed by atoms with Crippen molar-refractivity contribution < 1.29 is 4.79 Å². The van der Waals surface area contributed by atoms with E-state index >= 15 is 0 Å². The fourth-order valence-corrected chi connectivity index (χ4v) is 1.40. The van der Waals surface area contributed by atoms with Gasteiger partial charge in [-0.25, -0.2) is 0 Å². The largest absolute Gasteiger partial charge is 0.349 e. The van der Waals surface area contributed by atoms with E-state index in [9.17, 15) is 4.79 Å². The summed E-state index contributed by atoms with van der Waals surface area (Å²) in [6.07, 6.45) is 2.37. The van der Waals surface area contributed by atoms with Gasteiger partial charge in [0.05, 0.1) is 0 Å². The highest BCUT2D eigenvalue weighted by molar-refractivity contribution is 6.30. The van der Waals surface area contributed by atoms with Gasteiger partial charge in [0.15, 0.2) is 0 Å². The summed E-state index contributed by atoms with van der Waals surface area (Å²) in [5.74, 6) is -0.346. The average molecular weight is 263 g/mol. The Morgan fingerprint density at radius 2 is 2.11 bits per heavy atom. The summed E-state index contributed by atoms with van der Waals surface area (Å²) in [4.78, 5) is 11.8. The predicted molar refractivity (Wildman–Crippen MR) is 72.9 cm³/mol. The molecule has 1 unspecified atom stereocenters. The van der Waals surface area contributed by atoms with Crippen LogP contribution in [0.15, 0.2) is 29.8 Å². The van der Waals surface area contributed by atoms with E-state index in [1.807, 2.05) is 19.9 Å². The zero-order chi connectivity index (χ0) is 13.5. The summed E-state index contributed by atoms with van der Waals surface area (Å²) < 4.78 is 0. The first-order chi connectivity index (χ1) is 8.56. The van der Waals surface area contributed by atoms with Crippen molar-refractivity contribution >= 4 is 23.6 Å². The lowest BCUT2D eigenvalue weighted by molar-refractivity contribution is -0.117. The van der Waals surface area contributed by atoms with Crippen molar-refractivity contribution in [2.45, 2.75) is 26.3 Å². The van der Waals surface area contributed by atoms with Crippen LogP contribution in [0.2, 0.25) is 5.02 Å². The van der Waals surface area contributed by atoms with E-state index in [1.165, 1.54) is 0 Å². The molecule has 1 amide bonds. The van der Waals surface area contributed by atoms with Crippen LogP contribution in [-0.2, 0) is 4.79 Å². The molecule has 1 rings (SSSR count). The Hall–Kier alpha value is -1.79. The number of halogens is 1. The number of hydrogen-bond acceptors (Lipinski definition) is 2. The number of hydrogen-bond donors (Lipinski definition) is 1. The molecule has 0 heterocycles. The number of nitrogens with one attached hydrogen (secondary N) is 1. The highest BCUT2D eigenvalue weighted by atomic mass is 35.5. The molecule has 0 fully saturated rings. The zero-order valence-corrected chi connectivity index (χ0v) is 11.2. The predicted octanol–water partition coefficient (Wildman–Crippen LogP) is 3.16. The van der Waals surface area contributed by atoms with Gasteiger partial charge < -0.3 is 5.32 Å². The van der Waals surface area contributed by atoms with Crippen LogP contribution in [0.25, 0.3) is 6.08 Å². The Balaban J connectivity index is 2.86. The molecule has 1 aromatic rings. The molecule has 0 aliphatic rings. The first kappa shape index (κ1) is 14.3. The number of benzene rings is 1. The second-order valence-electron chi connectivity index (χ2n) is 4.00. The first-order valence-electron chi connectivity index (χ1n) is 5.75. The smallest absolute Gasteiger partial charge is 0.262 e. The minimum atomic E-state index is -0.346. The number of carbonyl (C=O) groups excluding carboxylic acids is 1. The van der Waals surface area contributed by atoms with E-state index in [0.717, 1.165) is 12.0 Å². The van der Waals surface area contributed by atoms with Gasteiger partial charge >= 0.3 is 0 Å². The summed E-state index contributed by atoms with van der Waals surface area (Å²) >= 11 is 5.77. The van der Waals surface area contributed by atoms with Gasteiger partial charge in [0, 0.05) is 11.1 Å². The van der Waals surface area contributed by atoms with Crippen molar-refractivity contribution in [2.75, 3.05) is 0 Å². The van der Waals surface area contributed by atoms with Crippen molar-refractivity contribution in [3.05, 3.63) is 40.4 Å². The van der Waals surface area contributed by atoms with Crippen LogP contribution in [0.5, 0.6) is 0 Å². The second-order valence-corrected chi connectivity index (χ2v) is 4.44. The number of rotatable bonds is 4. The topological polar surface area (TPSA) is 52.9 Å². The molecule has 0 spiro atoms. The molecule has 1 aromatic carbocycles. The molecule has 1 N–H and O–H groups in total. The van der Waals surface area contributed by atoms with Crippen molar-refractivity contribution in [1.29, 1.82) is 5.26 Å². The highest BCUT2D eigenvalue weighted by Gasteiger charge is 2.11. The molecule has 0 saturated carbocycles. The third-order valence-electron chi connectivity index (χ3n) is 2.54. The molecule has 4 heteroatoms. The number of nitrogens with zero attached hydrogens (tertiary/aromatic N) is 1. The standard InChI is InChI=1S/C14H15ClN2O/c1-3-10(2)17-14(18)12(9-16)8-11-4-6-13(15)7-5-11/h4-8,10H,3H2,1-2H3,(H,17,18)/b12-8+. The molecular formula is C14H15ClN2O. The number of carbonyl (C=O) groups is 1. The Morgan fingerprint density at radius 1 is 1.50 bits per heavy atom. The Morgan fingerprint density at radius 3 is 2.61 bits per heavy atom. The van der Waals surface area contributed by atoms with Crippen LogP contribution in [0, 0.1) is 11.3 Å². The Labute approximate surface area is 112 Å². The SMILES string of the molecule is CCC(C)NC(=O)/C(C#N)=C/c1ccc(Cl)cc1. The summed E-state index contributed by atoms with van der Waals surface area (Å²) in [5.41, 5.74) is 0.868. The number of nitriles is 1. The molecule has 0 aliphatic carbocycles. The quantitative estimate of drug-likeness (QED) is 0.669. The third kappa shape index (κ3) is 4.23. The van der Waals surface area contributed by atoms with Crippen LogP contribution in [0.1, 0.15) is 25.8 Å². The normalized spacial score (nSPS) is 12.7. The lowest BCUT2D eigenvalue weighted by Gasteiger charge is -2.10. The lowest BCUT2D eigenvalue weighted by Crippen LogP contribution is -2.32. The summed E-state index contributed by atoms with van der Waals surface area (Å²) in [6.45, 7) is 3.87. The van der Waals surface area contributed by atoms with Crippen LogP contribution in [-0.4, -0.2) is 11.9 Å². The Bertz CT molecular complexity index is 486. The molecular weight excluding hydrogens is 248 g/mol. The van der Waals surface area contributed by atoms with E-state index < -0.39 is 0 Å². The average Bonchev–Trinajstić information content (AvgIpc) is 2.37. The van der Waals surface area contributed by atoms with Crippen molar-refractivity contribution in [3.63, 3.8) is 0 Å². The van der Waals surface area contributed by atoms with Crippen LogP contribution in [0.3, 0.4) is 0 Å². The molecule has 1 atom stereocenters. The first-order valence-corrected chi connectivity index (χ1v) is 6.12. The minimum absolute atomic E-state index is 0.0551. The van der Waals surface area contributed by atoms with Crippen LogP contribution >= 0.6 is 11.6 Å². The van der Waals surface area contributed by atoms with Gasteiger partial charge in [0.2, 0.25) is 0 Å². The summed E-state index contributed by atoms with van der Waals surface area (Å²) in [7, 11) is 0. The molecule has 94 valence electrons. The van der Waals surface area contributed by atoms with Gasteiger partial charge in [-0.2, -0.15) is 5.26 Å². The molecule has 18 heavy (non-hydrogen) atoms. The second kappa shape index (κ2) is 6.83. The molecule has 0 radical (unpaired) electrons. The van der Waals surface area contributed by atoms with E-state index in [0.29, 0.717) is 5.02 Å². The van der Waals surface area contributed by atoms with E-state index in [1.54, 1.807) is 30.3 Å². The van der Waals surface area contributed by atoms with Crippen molar-refractivity contribution in [3.8, 4) is 6.07 Å². The van der Waals surface area contributed by atoms with Gasteiger partial charge in [-0.15, -0.1) is 0 Å². The highest BCUT2D eigenvalue weighted by Crippen LogP contribution is 2.12. The van der Waals surface area contributed by atoms with Gasteiger partial charge in [0.1, 0.15) is 11.6 Å². The molecule has 3 nitrogen and oxygen atoms in total. The number of amides is 1. The summed E-state index contributed by atoms with van der Waals surface area (Å²) in [6, 6.07) is 8.92.